The normalized spacial score (nSPS) is 21.5. The molecule has 8 heteroatoms. The van der Waals surface area contributed by atoms with Crippen molar-refractivity contribution in [3.8, 4) is 17.2 Å². The van der Waals surface area contributed by atoms with Crippen molar-refractivity contribution < 1.29 is 38.7 Å². The van der Waals surface area contributed by atoms with Crippen LogP contribution >= 0.6 is 0 Å². The Bertz CT molecular complexity index is 1270. The van der Waals surface area contributed by atoms with Crippen LogP contribution in [-0.2, 0) is 19.1 Å². The van der Waals surface area contributed by atoms with Gasteiger partial charge in [0.25, 0.3) is 0 Å². The lowest BCUT2D eigenvalue weighted by molar-refractivity contribution is -0.145. The zero-order valence-corrected chi connectivity index (χ0v) is 25.8. The average Bonchev–Trinajstić information content (AvgIpc) is 3.06. The van der Waals surface area contributed by atoms with Crippen LogP contribution in [0.25, 0.3) is 0 Å². The van der Waals surface area contributed by atoms with Gasteiger partial charge in [-0.25, -0.2) is 4.79 Å². The summed E-state index contributed by atoms with van der Waals surface area (Å²) in [5.41, 5.74) is 2.01. The molecule has 0 atom stereocenters. The minimum absolute atomic E-state index is 0.251. The first-order chi connectivity index (χ1) is 21.4. The van der Waals surface area contributed by atoms with Gasteiger partial charge in [0.1, 0.15) is 17.2 Å². The van der Waals surface area contributed by atoms with Crippen LogP contribution in [0.1, 0.15) is 94.6 Å². The molecule has 8 nitrogen and oxygen atoms in total. The van der Waals surface area contributed by atoms with Crippen LogP contribution in [0.2, 0.25) is 0 Å². The topological polar surface area (TPSA) is 114 Å². The summed E-state index contributed by atoms with van der Waals surface area (Å²) >= 11 is 0. The van der Waals surface area contributed by atoms with Gasteiger partial charge in [0.15, 0.2) is 6.21 Å². The second kappa shape index (κ2) is 16.8. The number of rotatable bonds is 14. The Kier molecular flexibility index (Phi) is 12.6. The first kappa shape index (κ1) is 33.0. The summed E-state index contributed by atoms with van der Waals surface area (Å²) in [4.78, 5) is 36.9. The SMILES string of the molecule is C=CC(=O)OCCCOc1ccc(OC(=O)C2CCC(C(=O)Oc3ccc(C4CCC(CCC)CC4)cc3C=[NH2+])CC2)cc1. The Morgan fingerprint density at radius 3 is 2.09 bits per heavy atom. The number of hydrogen-bond donors (Lipinski definition) is 1. The highest BCUT2D eigenvalue weighted by atomic mass is 16.5. The molecule has 0 radical (unpaired) electrons. The molecule has 0 bridgehead atoms. The number of esters is 3. The van der Waals surface area contributed by atoms with Gasteiger partial charge in [0.05, 0.1) is 30.6 Å². The van der Waals surface area contributed by atoms with E-state index in [1.165, 1.54) is 50.3 Å². The van der Waals surface area contributed by atoms with E-state index in [2.05, 4.69) is 25.6 Å². The van der Waals surface area contributed by atoms with Gasteiger partial charge in [0.2, 0.25) is 0 Å². The Labute approximate surface area is 260 Å². The third kappa shape index (κ3) is 9.53. The van der Waals surface area contributed by atoms with E-state index in [1.54, 1.807) is 24.3 Å². The van der Waals surface area contributed by atoms with Gasteiger partial charge < -0.3 is 18.9 Å². The van der Waals surface area contributed by atoms with Crippen LogP contribution < -0.4 is 19.6 Å². The van der Waals surface area contributed by atoms with E-state index in [-0.39, 0.29) is 30.4 Å². The molecule has 2 aliphatic carbocycles. The lowest BCUT2D eigenvalue weighted by atomic mass is 9.77. The summed E-state index contributed by atoms with van der Waals surface area (Å²) in [5, 5.41) is 5.94. The smallest absolute Gasteiger partial charge is 0.330 e. The Hall–Kier alpha value is -3.94. The monoisotopic (exact) mass is 604 g/mol. The maximum absolute atomic E-state index is 13.0. The number of carbonyl (C=O) groups excluding carboxylic acids is 3. The minimum atomic E-state index is -0.458. The Morgan fingerprint density at radius 1 is 0.841 bits per heavy atom. The van der Waals surface area contributed by atoms with Crippen LogP contribution in [0.3, 0.4) is 0 Å². The summed E-state index contributed by atoms with van der Waals surface area (Å²) < 4.78 is 22.0. The maximum atomic E-state index is 13.0. The Morgan fingerprint density at radius 2 is 1.48 bits per heavy atom. The zero-order valence-electron chi connectivity index (χ0n) is 25.8. The summed E-state index contributed by atoms with van der Waals surface area (Å²) in [6, 6.07) is 12.8. The highest BCUT2D eigenvalue weighted by molar-refractivity contribution is 5.84. The summed E-state index contributed by atoms with van der Waals surface area (Å²) in [7, 11) is 0. The Balaban J connectivity index is 1.19. The van der Waals surface area contributed by atoms with Gasteiger partial charge in [-0.15, -0.1) is 0 Å². The van der Waals surface area contributed by atoms with Crippen LogP contribution in [0.5, 0.6) is 17.2 Å². The molecule has 44 heavy (non-hydrogen) atoms. The molecule has 2 aromatic carbocycles. The van der Waals surface area contributed by atoms with Gasteiger partial charge in [-0.1, -0.05) is 32.4 Å². The van der Waals surface area contributed by atoms with Gasteiger partial charge >= 0.3 is 17.9 Å². The molecule has 2 N–H and O–H groups in total. The highest BCUT2D eigenvalue weighted by Gasteiger charge is 2.32. The lowest BCUT2D eigenvalue weighted by Crippen LogP contribution is -2.32. The van der Waals surface area contributed by atoms with Gasteiger partial charge in [-0.2, -0.15) is 0 Å². The van der Waals surface area contributed by atoms with Crippen molar-refractivity contribution in [2.45, 2.75) is 83.5 Å². The number of benzene rings is 2. The second-order valence-corrected chi connectivity index (χ2v) is 11.9. The van der Waals surface area contributed by atoms with Crippen molar-refractivity contribution in [1.29, 1.82) is 0 Å². The maximum Gasteiger partial charge on any atom is 0.330 e. The van der Waals surface area contributed by atoms with Crippen LogP contribution in [0, 0.1) is 17.8 Å². The minimum Gasteiger partial charge on any atom is -0.493 e. The molecule has 0 heterocycles. The number of ether oxygens (including phenoxy) is 4. The molecule has 2 saturated carbocycles. The first-order valence-corrected chi connectivity index (χ1v) is 16.0. The molecule has 0 amide bonds. The fourth-order valence-electron chi connectivity index (χ4n) is 6.28. The predicted octanol–water partition coefficient (Wildman–Crippen LogP) is 5.75. The quantitative estimate of drug-likeness (QED) is 0.0960. The molecule has 2 aliphatic rings. The standard InChI is InChI=1S/C36H45NO7/c1-3-6-25-7-9-26(10-8-25)29-15-20-33(30(23-29)24-37)44-36(40)28-13-11-27(12-14-28)35(39)43-32-18-16-31(17-19-32)41-21-5-22-42-34(38)4-2/h4,15-20,23-28,37H,2-3,5-14,21-22H2,1H3/p+1. The van der Waals surface area contributed by atoms with Crippen molar-refractivity contribution in [3.05, 3.63) is 66.2 Å². The molecule has 0 spiro atoms. The average molecular weight is 605 g/mol. The molecule has 0 saturated heterocycles. The zero-order chi connectivity index (χ0) is 31.3. The fraction of sp³-hybridized carbons (Fsp3) is 0.500. The molecule has 4 rings (SSSR count). The lowest BCUT2D eigenvalue weighted by Gasteiger charge is -2.29. The van der Waals surface area contributed by atoms with Crippen molar-refractivity contribution in [1.82, 2.24) is 0 Å². The number of carbonyl (C=O) groups is 3. The number of hydrogen-bond acceptors (Lipinski definition) is 7. The third-order valence-electron chi connectivity index (χ3n) is 8.84. The summed E-state index contributed by atoms with van der Waals surface area (Å²) in [6.07, 6.45) is 12.9. The van der Waals surface area contributed by atoms with E-state index in [4.69, 9.17) is 24.4 Å². The summed E-state index contributed by atoms with van der Waals surface area (Å²) in [5.74, 6) is 1.36. The van der Waals surface area contributed by atoms with Crippen LogP contribution in [0.15, 0.2) is 55.1 Å². The van der Waals surface area contributed by atoms with E-state index in [0.29, 0.717) is 61.9 Å². The number of nitrogens with two attached hydrogens (primary N) is 1. The summed E-state index contributed by atoms with van der Waals surface area (Å²) in [6.45, 7) is 6.24. The second-order valence-electron chi connectivity index (χ2n) is 11.9. The van der Waals surface area contributed by atoms with Gasteiger partial charge in [-0.3, -0.25) is 15.0 Å². The van der Waals surface area contributed by atoms with Gasteiger partial charge in [0, 0.05) is 12.5 Å². The third-order valence-corrected chi connectivity index (χ3v) is 8.84. The molecule has 2 aromatic rings. The molecule has 0 unspecified atom stereocenters. The molecular weight excluding hydrogens is 558 g/mol. The van der Waals surface area contributed by atoms with E-state index in [0.717, 1.165) is 17.6 Å². The fourth-order valence-corrected chi connectivity index (χ4v) is 6.28. The van der Waals surface area contributed by atoms with Crippen molar-refractivity contribution >= 4 is 24.1 Å². The van der Waals surface area contributed by atoms with E-state index in [9.17, 15) is 14.4 Å². The van der Waals surface area contributed by atoms with E-state index >= 15 is 0 Å². The van der Waals surface area contributed by atoms with Crippen LogP contribution in [-0.4, -0.2) is 37.3 Å². The molecule has 0 aromatic heterocycles. The van der Waals surface area contributed by atoms with Crippen LogP contribution in [0.4, 0.5) is 0 Å². The predicted molar refractivity (Wildman–Crippen MR) is 168 cm³/mol. The first-order valence-electron chi connectivity index (χ1n) is 16.0. The highest BCUT2D eigenvalue weighted by Crippen LogP contribution is 2.39. The van der Waals surface area contributed by atoms with E-state index in [1.807, 2.05) is 6.07 Å². The van der Waals surface area contributed by atoms with Gasteiger partial charge in [-0.05, 0) is 105 Å². The van der Waals surface area contributed by atoms with Crippen molar-refractivity contribution in [2.75, 3.05) is 13.2 Å². The molecule has 0 aliphatic heterocycles. The van der Waals surface area contributed by atoms with Crippen molar-refractivity contribution in [3.63, 3.8) is 0 Å². The molecule has 2 fully saturated rings. The van der Waals surface area contributed by atoms with E-state index < -0.39 is 5.97 Å². The van der Waals surface area contributed by atoms with Crippen molar-refractivity contribution in [2.24, 2.45) is 17.8 Å². The molecule has 236 valence electrons. The largest absolute Gasteiger partial charge is 0.493 e. The molecular formula is C36H46NO7+.